The molecular formula is C18H26INO3. The number of carboxylic acid groups (broad SMARTS) is 1. The number of hydrogen-bond donors (Lipinski definition) is 2. The van der Waals surface area contributed by atoms with Gasteiger partial charge in [-0.2, -0.15) is 0 Å². The first-order chi connectivity index (χ1) is 11.0. The Labute approximate surface area is 152 Å². The molecule has 2 N–H and O–H groups in total. The molecule has 1 fully saturated rings. The molecule has 0 aliphatic heterocycles. The Morgan fingerprint density at radius 2 is 1.96 bits per heavy atom. The lowest BCUT2D eigenvalue weighted by atomic mass is 9.89. The highest BCUT2D eigenvalue weighted by Gasteiger charge is 2.34. The van der Waals surface area contributed by atoms with E-state index in [2.05, 4.69) is 22.6 Å². The number of carbonyl (C=O) groups is 1. The van der Waals surface area contributed by atoms with Gasteiger partial charge in [0.2, 0.25) is 0 Å². The summed E-state index contributed by atoms with van der Waals surface area (Å²) >= 11 is 2.28. The first-order valence-electron chi connectivity index (χ1n) is 8.41. The van der Waals surface area contributed by atoms with Crippen LogP contribution in [0.2, 0.25) is 0 Å². The topological polar surface area (TPSA) is 60.8 Å². The molecule has 5 heteroatoms. The number of rotatable bonds is 6. The van der Waals surface area contributed by atoms with Crippen molar-refractivity contribution in [3.05, 3.63) is 33.4 Å². The molecule has 0 aromatic heterocycles. The third-order valence-electron chi connectivity index (χ3n) is 4.73. The average molecular weight is 431 g/mol. The van der Waals surface area contributed by atoms with Crippen molar-refractivity contribution in [3.8, 4) is 0 Å². The van der Waals surface area contributed by atoms with Crippen molar-refractivity contribution in [1.82, 2.24) is 4.90 Å². The number of aliphatic hydroxyl groups is 1. The maximum absolute atomic E-state index is 12.1. The maximum atomic E-state index is 12.1. The molecule has 1 aromatic carbocycles. The lowest BCUT2D eigenvalue weighted by Gasteiger charge is -2.39. The second kappa shape index (κ2) is 8.87. The number of amides is 1. The summed E-state index contributed by atoms with van der Waals surface area (Å²) in [5.74, 6) is 0.0708. The molecule has 1 amide bonds. The van der Waals surface area contributed by atoms with Crippen molar-refractivity contribution in [2.75, 3.05) is 6.61 Å². The van der Waals surface area contributed by atoms with Gasteiger partial charge in [-0.05, 0) is 59.4 Å². The molecule has 128 valence electrons. The predicted molar refractivity (Wildman–Crippen MR) is 99.5 cm³/mol. The molecule has 1 aromatic rings. The minimum absolute atomic E-state index is 0.0708. The quantitative estimate of drug-likeness (QED) is 0.644. The van der Waals surface area contributed by atoms with Crippen LogP contribution >= 0.6 is 22.6 Å². The zero-order valence-corrected chi connectivity index (χ0v) is 15.8. The second-order valence-corrected chi connectivity index (χ2v) is 7.70. The fourth-order valence-electron chi connectivity index (χ4n) is 3.49. The molecule has 0 unspecified atom stereocenters. The first kappa shape index (κ1) is 18.5. The summed E-state index contributed by atoms with van der Waals surface area (Å²) in [6.07, 6.45) is 5.10. The van der Waals surface area contributed by atoms with Gasteiger partial charge in [-0.25, -0.2) is 4.79 Å². The van der Waals surface area contributed by atoms with Crippen LogP contribution in [0, 0.1) is 9.49 Å². The standard InChI is InChI=1S/C18H26INO3/c1-13(12-21)11-17(15-9-5-6-10-16(15)19)20(18(22)23)14-7-3-2-4-8-14/h5-6,9-10,13-14,17,21H,2-4,7-8,11-12H2,1H3,(H,22,23)/t13-,17-/m0/s1. The van der Waals surface area contributed by atoms with Gasteiger partial charge >= 0.3 is 6.09 Å². The third kappa shape index (κ3) is 4.83. The molecule has 2 atom stereocenters. The van der Waals surface area contributed by atoms with Gasteiger partial charge in [-0.3, -0.25) is 4.90 Å². The summed E-state index contributed by atoms with van der Waals surface area (Å²) in [6, 6.07) is 7.89. The molecule has 23 heavy (non-hydrogen) atoms. The Kier molecular flexibility index (Phi) is 7.14. The molecule has 0 radical (unpaired) electrons. The third-order valence-corrected chi connectivity index (χ3v) is 5.71. The molecule has 0 bridgehead atoms. The number of hydrogen-bond acceptors (Lipinski definition) is 2. The largest absolute Gasteiger partial charge is 0.465 e. The monoisotopic (exact) mass is 431 g/mol. The minimum atomic E-state index is -0.841. The molecule has 4 nitrogen and oxygen atoms in total. The van der Waals surface area contributed by atoms with E-state index in [1.165, 1.54) is 6.42 Å². The Balaban J connectivity index is 2.36. The van der Waals surface area contributed by atoms with Gasteiger partial charge in [0.15, 0.2) is 0 Å². The van der Waals surface area contributed by atoms with E-state index >= 15 is 0 Å². The lowest BCUT2D eigenvalue weighted by molar-refractivity contribution is 0.0701. The van der Waals surface area contributed by atoms with E-state index in [0.717, 1.165) is 34.8 Å². The van der Waals surface area contributed by atoms with Crippen LogP contribution in [0.15, 0.2) is 24.3 Å². The molecule has 1 aliphatic carbocycles. The van der Waals surface area contributed by atoms with Crippen LogP contribution in [0.3, 0.4) is 0 Å². The zero-order chi connectivity index (χ0) is 16.8. The molecule has 1 aliphatic rings. The van der Waals surface area contributed by atoms with Crippen molar-refractivity contribution < 1.29 is 15.0 Å². The summed E-state index contributed by atoms with van der Waals surface area (Å²) in [4.78, 5) is 13.7. The Morgan fingerprint density at radius 1 is 1.30 bits per heavy atom. The van der Waals surface area contributed by atoms with Gasteiger partial charge < -0.3 is 10.2 Å². The van der Waals surface area contributed by atoms with Gasteiger partial charge in [-0.1, -0.05) is 44.4 Å². The number of nitrogens with zero attached hydrogens (tertiary/aromatic N) is 1. The van der Waals surface area contributed by atoms with E-state index in [1.807, 2.05) is 31.2 Å². The molecule has 1 saturated carbocycles. The predicted octanol–water partition coefficient (Wildman–Crippen LogP) is 4.66. The highest BCUT2D eigenvalue weighted by atomic mass is 127. The number of aliphatic hydroxyl groups excluding tert-OH is 1. The van der Waals surface area contributed by atoms with Gasteiger partial charge in [0.05, 0.1) is 6.04 Å². The van der Waals surface area contributed by atoms with Crippen LogP contribution in [0.25, 0.3) is 0 Å². The maximum Gasteiger partial charge on any atom is 0.408 e. The second-order valence-electron chi connectivity index (χ2n) is 6.54. The number of halogens is 1. The van der Waals surface area contributed by atoms with Crippen LogP contribution in [0.4, 0.5) is 4.79 Å². The van der Waals surface area contributed by atoms with Crippen LogP contribution in [-0.2, 0) is 0 Å². The van der Waals surface area contributed by atoms with Crippen LogP contribution in [-0.4, -0.2) is 33.9 Å². The summed E-state index contributed by atoms with van der Waals surface area (Å²) < 4.78 is 1.09. The van der Waals surface area contributed by atoms with E-state index in [0.29, 0.717) is 6.42 Å². The normalized spacial score (nSPS) is 18.4. The van der Waals surface area contributed by atoms with Crippen molar-refractivity contribution >= 4 is 28.7 Å². The molecular weight excluding hydrogens is 405 g/mol. The fourth-order valence-corrected chi connectivity index (χ4v) is 4.24. The van der Waals surface area contributed by atoms with Crippen LogP contribution in [0.1, 0.15) is 57.1 Å². The SMILES string of the molecule is C[C@H](CO)C[C@@H](c1ccccc1I)N(C(=O)O)C1CCCCC1. The van der Waals surface area contributed by atoms with E-state index < -0.39 is 6.09 Å². The van der Waals surface area contributed by atoms with Gasteiger partial charge in [0.25, 0.3) is 0 Å². The highest BCUT2D eigenvalue weighted by molar-refractivity contribution is 14.1. The van der Waals surface area contributed by atoms with Crippen molar-refractivity contribution in [2.24, 2.45) is 5.92 Å². The Morgan fingerprint density at radius 3 is 2.52 bits per heavy atom. The smallest absolute Gasteiger partial charge is 0.408 e. The summed E-state index contributed by atoms with van der Waals surface area (Å²) in [6.45, 7) is 2.06. The first-order valence-corrected chi connectivity index (χ1v) is 9.49. The van der Waals surface area contributed by atoms with E-state index in [9.17, 15) is 15.0 Å². The summed E-state index contributed by atoms with van der Waals surface area (Å²) in [7, 11) is 0. The van der Waals surface area contributed by atoms with Gasteiger partial charge in [0, 0.05) is 16.2 Å². The lowest BCUT2D eigenvalue weighted by Crippen LogP contribution is -2.44. The van der Waals surface area contributed by atoms with Crippen LogP contribution < -0.4 is 0 Å². The average Bonchev–Trinajstić information content (AvgIpc) is 2.55. The highest BCUT2D eigenvalue weighted by Crippen LogP contribution is 2.36. The van der Waals surface area contributed by atoms with E-state index in [-0.39, 0.29) is 24.6 Å². The summed E-state index contributed by atoms with van der Waals surface area (Å²) in [5, 5.41) is 19.4. The number of benzene rings is 1. The van der Waals surface area contributed by atoms with Gasteiger partial charge in [0.1, 0.15) is 0 Å². The molecule has 0 heterocycles. The zero-order valence-electron chi connectivity index (χ0n) is 13.6. The van der Waals surface area contributed by atoms with E-state index in [1.54, 1.807) is 4.90 Å². The Bertz CT molecular complexity index is 517. The van der Waals surface area contributed by atoms with Crippen molar-refractivity contribution in [3.63, 3.8) is 0 Å². The van der Waals surface area contributed by atoms with E-state index in [4.69, 9.17) is 0 Å². The molecule has 0 saturated heterocycles. The van der Waals surface area contributed by atoms with Crippen molar-refractivity contribution in [1.29, 1.82) is 0 Å². The van der Waals surface area contributed by atoms with Crippen LogP contribution in [0.5, 0.6) is 0 Å². The molecule has 2 rings (SSSR count). The van der Waals surface area contributed by atoms with Crippen molar-refractivity contribution in [2.45, 2.75) is 57.5 Å². The fraction of sp³-hybridized carbons (Fsp3) is 0.611. The molecule has 0 spiro atoms. The van der Waals surface area contributed by atoms with Gasteiger partial charge in [-0.15, -0.1) is 0 Å². The Hall–Kier alpha value is -0.820. The minimum Gasteiger partial charge on any atom is -0.465 e. The summed E-state index contributed by atoms with van der Waals surface area (Å²) in [5.41, 5.74) is 1.06.